The molecule has 0 bridgehead atoms. The Morgan fingerprint density at radius 3 is 2.11 bits per heavy atom. The first-order valence-electron chi connectivity index (χ1n) is 11.1. The van der Waals surface area contributed by atoms with Crippen LogP contribution in [0.25, 0.3) is 0 Å². The number of para-hydroxylation sites is 1. The Kier molecular flexibility index (Phi) is 8.76. The highest BCUT2D eigenvalue weighted by atomic mass is 35.5. The van der Waals surface area contributed by atoms with E-state index in [1.807, 2.05) is 0 Å². The molecule has 0 unspecified atom stereocenters. The maximum absolute atomic E-state index is 12.5. The maximum atomic E-state index is 12.5. The summed E-state index contributed by atoms with van der Waals surface area (Å²) in [4.78, 5) is 37.4. The fourth-order valence-corrected chi connectivity index (χ4v) is 3.85. The zero-order chi connectivity index (χ0) is 27.1. The van der Waals surface area contributed by atoms with Gasteiger partial charge in [-0.2, -0.15) is 5.10 Å². The molecule has 0 aliphatic heterocycles. The Labute approximate surface area is 233 Å². The van der Waals surface area contributed by atoms with Crippen molar-refractivity contribution in [2.45, 2.75) is 0 Å². The van der Waals surface area contributed by atoms with Crippen LogP contribution in [0.2, 0.25) is 15.1 Å². The van der Waals surface area contributed by atoms with Crippen molar-refractivity contribution in [1.29, 1.82) is 0 Å². The standard InChI is InChI=1S/C28H18Cl3N3O4/c29-20-9-5-18(6-10-20)28(37)38-25-4-2-1-3-19(25)16-32-34-26(35)17-7-12-22(13-8-17)33-27(36)23-14-11-21(30)15-24(23)31/h1-16H,(H,33,36)(H,34,35)/b32-16-. The van der Waals surface area contributed by atoms with Gasteiger partial charge in [-0.1, -0.05) is 46.9 Å². The molecule has 2 amide bonds. The molecular formula is C28H18Cl3N3O4. The van der Waals surface area contributed by atoms with E-state index in [1.54, 1.807) is 66.7 Å². The quantitative estimate of drug-likeness (QED) is 0.110. The predicted molar refractivity (Wildman–Crippen MR) is 149 cm³/mol. The fourth-order valence-electron chi connectivity index (χ4n) is 3.23. The Morgan fingerprint density at radius 2 is 1.39 bits per heavy atom. The van der Waals surface area contributed by atoms with Crippen molar-refractivity contribution in [2.75, 3.05) is 5.32 Å². The molecule has 0 fully saturated rings. The molecule has 0 radical (unpaired) electrons. The van der Waals surface area contributed by atoms with Gasteiger partial charge in [-0.05, 0) is 78.9 Å². The summed E-state index contributed by atoms with van der Waals surface area (Å²) in [5.41, 5.74) is 4.29. The molecule has 4 aromatic rings. The van der Waals surface area contributed by atoms with Crippen molar-refractivity contribution in [2.24, 2.45) is 5.10 Å². The lowest BCUT2D eigenvalue weighted by atomic mass is 10.1. The van der Waals surface area contributed by atoms with Crippen molar-refractivity contribution in [3.8, 4) is 5.75 Å². The molecule has 0 aliphatic rings. The summed E-state index contributed by atoms with van der Waals surface area (Å²) < 4.78 is 5.47. The number of ether oxygens (including phenoxy) is 1. The number of esters is 1. The van der Waals surface area contributed by atoms with E-state index >= 15 is 0 Å². The molecule has 0 heterocycles. The van der Waals surface area contributed by atoms with E-state index in [0.717, 1.165) is 0 Å². The van der Waals surface area contributed by atoms with Gasteiger partial charge >= 0.3 is 5.97 Å². The fraction of sp³-hybridized carbons (Fsp3) is 0. The second kappa shape index (κ2) is 12.4. The van der Waals surface area contributed by atoms with Crippen LogP contribution in [0, 0.1) is 0 Å². The van der Waals surface area contributed by atoms with E-state index in [2.05, 4.69) is 15.8 Å². The highest BCUT2D eigenvalue weighted by Crippen LogP contribution is 2.22. The van der Waals surface area contributed by atoms with Gasteiger partial charge in [0, 0.05) is 26.9 Å². The number of hydrogen-bond acceptors (Lipinski definition) is 5. The van der Waals surface area contributed by atoms with Crippen LogP contribution in [0.3, 0.4) is 0 Å². The topological polar surface area (TPSA) is 96.9 Å². The summed E-state index contributed by atoms with van der Waals surface area (Å²) in [5.74, 6) is -1.18. The lowest BCUT2D eigenvalue weighted by molar-refractivity contribution is 0.0734. The second-order valence-electron chi connectivity index (χ2n) is 7.79. The summed E-state index contributed by atoms with van der Waals surface area (Å²) in [6.07, 6.45) is 1.37. The molecule has 0 saturated carbocycles. The minimum absolute atomic E-state index is 0.227. The first-order chi connectivity index (χ1) is 18.3. The molecule has 38 heavy (non-hydrogen) atoms. The molecule has 190 valence electrons. The van der Waals surface area contributed by atoms with Crippen LogP contribution in [0.4, 0.5) is 5.69 Å². The number of nitrogens with zero attached hydrogens (tertiary/aromatic N) is 1. The van der Waals surface area contributed by atoms with E-state index in [9.17, 15) is 14.4 Å². The molecule has 0 aromatic heterocycles. The van der Waals surface area contributed by atoms with E-state index in [0.29, 0.717) is 32.4 Å². The summed E-state index contributed by atoms with van der Waals surface area (Å²) in [6.45, 7) is 0. The number of anilines is 1. The molecule has 0 saturated heterocycles. The first-order valence-corrected chi connectivity index (χ1v) is 12.2. The van der Waals surface area contributed by atoms with Gasteiger partial charge in [0.2, 0.25) is 0 Å². The molecule has 0 atom stereocenters. The first kappa shape index (κ1) is 26.9. The number of benzene rings is 4. The summed E-state index contributed by atoms with van der Waals surface area (Å²) in [5, 5.41) is 7.84. The van der Waals surface area contributed by atoms with Crippen LogP contribution in [-0.2, 0) is 0 Å². The SMILES string of the molecule is O=C(N/N=C\c1ccccc1OC(=O)c1ccc(Cl)cc1)c1ccc(NC(=O)c2ccc(Cl)cc2Cl)cc1. The molecule has 0 aliphatic carbocycles. The van der Waals surface area contributed by atoms with Crippen LogP contribution < -0.4 is 15.5 Å². The molecule has 0 spiro atoms. The number of hydrogen-bond donors (Lipinski definition) is 2. The average Bonchev–Trinajstić information content (AvgIpc) is 2.90. The summed E-state index contributed by atoms with van der Waals surface area (Å²) in [6, 6.07) is 23.8. The number of carbonyl (C=O) groups is 3. The molecule has 10 heteroatoms. The molecule has 2 N–H and O–H groups in total. The Morgan fingerprint density at radius 1 is 0.737 bits per heavy atom. The minimum atomic E-state index is -0.558. The summed E-state index contributed by atoms with van der Waals surface area (Å²) >= 11 is 17.8. The molecule has 4 aromatic carbocycles. The zero-order valence-electron chi connectivity index (χ0n) is 19.5. The summed E-state index contributed by atoms with van der Waals surface area (Å²) in [7, 11) is 0. The number of rotatable bonds is 7. The van der Waals surface area contributed by atoms with E-state index in [-0.39, 0.29) is 16.3 Å². The number of hydrazone groups is 1. The number of halogens is 3. The normalized spacial score (nSPS) is 10.7. The predicted octanol–water partition coefficient (Wildman–Crippen LogP) is 6.88. The maximum Gasteiger partial charge on any atom is 0.343 e. The van der Waals surface area contributed by atoms with Gasteiger partial charge in [0.15, 0.2) is 0 Å². The highest BCUT2D eigenvalue weighted by molar-refractivity contribution is 6.37. The van der Waals surface area contributed by atoms with Gasteiger partial charge < -0.3 is 10.1 Å². The van der Waals surface area contributed by atoms with Crippen LogP contribution in [-0.4, -0.2) is 24.0 Å². The van der Waals surface area contributed by atoms with Crippen LogP contribution >= 0.6 is 34.8 Å². The third-order valence-corrected chi connectivity index (χ3v) is 5.95. The molecule has 4 rings (SSSR count). The monoisotopic (exact) mass is 565 g/mol. The van der Waals surface area contributed by atoms with Crippen LogP contribution in [0.15, 0.2) is 96.1 Å². The van der Waals surface area contributed by atoms with Crippen molar-refractivity contribution < 1.29 is 19.1 Å². The van der Waals surface area contributed by atoms with Crippen molar-refractivity contribution in [3.63, 3.8) is 0 Å². The molecule has 7 nitrogen and oxygen atoms in total. The van der Waals surface area contributed by atoms with Gasteiger partial charge in [0.1, 0.15) is 5.75 Å². The van der Waals surface area contributed by atoms with Gasteiger partial charge in [0.25, 0.3) is 11.8 Å². The van der Waals surface area contributed by atoms with Crippen molar-refractivity contribution >= 4 is 64.5 Å². The van der Waals surface area contributed by atoms with E-state index < -0.39 is 17.8 Å². The van der Waals surface area contributed by atoms with E-state index in [1.165, 1.54) is 30.5 Å². The van der Waals surface area contributed by atoms with Gasteiger partial charge in [-0.15, -0.1) is 0 Å². The largest absolute Gasteiger partial charge is 0.422 e. The van der Waals surface area contributed by atoms with Crippen molar-refractivity contribution in [3.05, 3.63) is 128 Å². The Balaban J connectivity index is 1.36. The number of nitrogens with one attached hydrogen (secondary N) is 2. The van der Waals surface area contributed by atoms with Crippen LogP contribution in [0.5, 0.6) is 5.75 Å². The van der Waals surface area contributed by atoms with Crippen molar-refractivity contribution in [1.82, 2.24) is 5.43 Å². The third kappa shape index (κ3) is 6.98. The Bertz CT molecular complexity index is 1520. The lowest BCUT2D eigenvalue weighted by Crippen LogP contribution is -2.18. The van der Waals surface area contributed by atoms with Crippen LogP contribution in [0.1, 0.15) is 36.6 Å². The third-order valence-electron chi connectivity index (χ3n) is 5.15. The lowest BCUT2D eigenvalue weighted by Gasteiger charge is -2.08. The minimum Gasteiger partial charge on any atom is -0.422 e. The molecular weight excluding hydrogens is 549 g/mol. The second-order valence-corrected chi connectivity index (χ2v) is 9.07. The average molecular weight is 567 g/mol. The Hall–Kier alpha value is -4.17. The number of amides is 2. The highest BCUT2D eigenvalue weighted by Gasteiger charge is 2.13. The number of carbonyl (C=O) groups excluding carboxylic acids is 3. The van der Waals surface area contributed by atoms with Gasteiger partial charge in [0.05, 0.1) is 22.4 Å². The van der Waals surface area contributed by atoms with Gasteiger partial charge in [-0.3, -0.25) is 9.59 Å². The smallest absolute Gasteiger partial charge is 0.343 e. The zero-order valence-corrected chi connectivity index (χ0v) is 21.7. The van der Waals surface area contributed by atoms with E-state index in [4.69, 9.17) is 39.5 Å². The van der Waals surface area contributed by atoms with Gasteiger partial charge in [-0.25, -0.2) is 10.2 Å².